The summed E-state index contributed by atoms with van der Waals surface area (Å²) in [5.41, 5.74) is 1.47. The molecule has 3 aromatic rings. The Morgan fingerprint density at radius 2 is 1.36 bits per heavy atom. The summed E-state index contributed by atoms with van der Waals surface area (Å²) in [6, 6.07) is 16.5. The topological polar surface area (TPSA) is 83.8 Å². The van der Waals surface area contributed by atoms with Gasteiger partial charge in [0, 0.05) is 5.56 Å². The molecule has 7 heteroatoms. The van der Waals surface area contributed by atoms with Crippen LogP contribution in [0.5, 0.6) is 11.5 Å². The molecule has 2 N–H and O–H groups in total. The van der Waals surface area contributed by atoms with E-state index in [-0.39, 0.29) is 47.4 Å². The Bertz CT molecular complexity index is 1130. The number of hydrogen-bond donors (Lipinski definition) is 2. The maximum absolute atomic E-state index is 12.8. The Morgan fingerprint density at radius 3 is 1.86 bits per heavy atom. The summed E-state index contributed by atoms with van der Waals surface area (Å²) >= 11 is 0. The van der Waals surface area contributed by atoms with Gasteiger partial charge in [-0.3, -0.25) is 0 Å². The summed E-state index contributed by atoms with van der Waals surface area (Å²) < 4.78 is 31.4. The Hall–Kier alpha value is -1.83. The second kappa shape index (κ2) is 7.21. The van der Waals surface area contributed by atoms with Gasteiger partial charge in [-0.1, -0.05) is 30.3 Å². The average Bonchev–Trinajstić information content (AvgIpc) is 2.89. The van der Waals surface area contributed by atoms with Crippen LogP contribution in [0.25, 0.3) is 0 Å². The van der Waals surface area contributed by atoms with Crippen molar-refractivity contribution in [2.24, 2.45) is 0 Å². The van der Waals surface area contributed by atoms with Crippen molar-refractivity contribution < 1.29 is 53.8 Å². The SMILES string of the molecule is Cc1cc(C2(c3ccc(O)c(C)c3)OS(=O)(=O)c3ccccc32)ccc1O.[H-].[Na+]. The summed E-state index contributed by atoms with van der Waals surface area (Å²) in [6.45, 7) is 3.48. The van der Waals surface area contributed by atoms with E-state index in [1.54, 1.807) is 56.3 Å². The first-order valence-corrected chi connectivity index (χ1v) is 9.82. The van der Waals surface area contributed by atoms with Crippen LogP contribution in [0.2, 0.25) is 0 Å². The quantitative estimate of drug-likeness (QED) is 0.487. The summed E-state index contributed by atoms with van der Waals surface area (Å²) in [4.78, 5) is 0.112. The molecule has 1 aliphatic rings. The Morgan fingerprint density at radius 1 is 0.857 bits per heavy atom. The van der Waals surface area contributed by atoms with Gasteiger partial charge in [0.25, 0.3) is 10.1 Å². The largest absolute Gasteiger partial charge is 1.00 e. The number of phenols is 2. The molecule has 0 bridgehead atoms. The first kappa shape index (κ1) is 20.9. The van der Waals surface area contributed by atoms with Crippen molar-refractivity contribution >= 4 is 10.1 Å². The van der Waals surface area contributed by atoms with Gasteiger partial charge >= 0.3 is 29.6 Å². The van der Waals surface area contributed by atoms with Gasteiger partial charge in [-0.05, 0) is 66.4 Å². The molecular weight excluding hydrogens is 387 g/mol. The number of phenolic OH excluding ortho intramolecular Hbond substituents is 2. The first-order chi connectivity index (χ1) is 12.8. The maximum atomic E-state index is 12.8. The Balaban J connectivity index is 0.00000150. The van der Waals surface area contributed by atoms with E-state index < -0.39 is 15.7 Å². The van der Waals surface area contributed by atoms with Crippen LogP contribution in [0.1, 0.15) is 29.2 Å². The normalized spacial score (nSPS) is 16.2. The third-order valence-electron chi connectivity index (χ3n) is 4.98. The zero-order valence-electron chi connectivity index (χ0n) is 16.8. The van der Waals surface area contributed by atoms with Crippen molar-refractivity contribution in [1.82, 2.24) is 0 Å². The van der Waals surface area contributed by atoms with E-state index in [0.717, 1.165) is 0 Å². The molecule has 0 unspecified atom stereocenters. The Labute approximate surface area is 187 Å². The summed E-state index contributed by atoms with van der Waals surface area (Å²) in [5.74, 6) is 0.231. The molecular formula is C21H19NaO5S. The molecule has 1 heterocycles. The minimum Gasteiger partial charge on any atom is -1.00 e. The third kappa shape index (κ3) is 3.06. The van der Waals surface area contributed by atoms with Crippen LogP contribution in [0, 0.1) is 13.8 Å². The summed E-state index contributed by atoms with van der Waals surface area (Å²) in [7, 11) is -3.98. The average molecular weight is 406 g/mol. The van der Waals surface area contributed by atoms with E-state index in [0.29, 0.717) is 27.8 Å². The van der Waals surface area contributed by atoms with Gasteiger partial charge in [0.1, 0.15) is 16.4 Å². The van der Waals surface area contributed by atoms with Crippen LogP contribution in [-0.2, 0) is 19.9 Å². The van der Waals surface area contributed by atoms with Gasteiger partial charge < -0.3 is 11.6 Å². The molecule has 0 saturated carbocycles. The number of benzene rings is 3. The van der Waals surface area contributed by atoms with Gasteiger partial charge in [0.05, 0.1) is 0 Å². The van der Waals surface area contributed by atoms with Crippen LogP contribution in [0.15, 0.2) is 65.6 Å². The second-order valence-electron chi connectivity index (χ2n) is 6.72. The summed E-state index contributed by atoms with van der Waals surface area (Å²) in [5, 5.41) is 19.9. The molecule has 0 saturated heterocycles. The molecule has 5 nitrogen and oxygen atoms in total. The van der Waals surface area contributed by atoms with Gasteiger partial charge in [-0.15, -0.1) is 0 Å². The fourth-order valence-corrected chi connectivity index (χ4v) is 4.98. The van der Waals surface area contributed by atoms with Gasteiger partial charge in [-0.2, -0.15) is 8.42 Å². The smallest absolute Gasteiger partial charge is 1.00 e. The maximum Gasteiger partial charge on any atom is 1.00 e. The van der Waals surface area contributed by atoms with E-state index in [4.69, 9.17) is 4.18 Å². The molecule has 0 atom stereocenters. The molecule has 0 aliphatic carbocycles. The number of hydrogen-bond acceptors (Lipinski definition) is 5. The predicted octanol–water partition coefficient (Wildman–Crippen LogP) is 0.842. The standard InChI is InChI=1S/C21H18O5S.Na.H/c1-13-11-15(7-9-18(13)22)21(16-8-10-19(23)14(2)12-16)17-5-3-4-6-20(17)27(24,25)26-21;;/h3-12,22-23H,1-2H3;;/q;+1;-1. The van der Waals surface area contributed by atoms with Crippen LogP contribution in [-0.4, -0.2) is 18.6 Å². The van der Waals surface area contributed by atoms with Crippen LogP contribution in [0.3, 0.4) is 0 Å². The minimum atomic E-state index is -3.98. The van der Waals surface area contributed by atoms with Crippen molar-refractivity contribution in [3.05, 3.63) is 88.5 Å². The molecule has 4 rings (SSSR count). The van der Waals surface area contributed by atoms with Crippen molar-refractivity contribution in [3.63, 3.8) is 0 Å². The van der Waals surface area contributed by atoms with Crippen molar-refractivity contribution in [2.75, 3.05) is 0 Å². The van der Waals surface area contributed by atoms with Gasteiger partial charge in [0.15, 0.2) is 5.60 Å². The zero-order valence-corrected chi connectivity index (χ0v) is 18.6. The fourth-order valence-electron chi connectivity index (χ4n) is 3.55. The minimum absolute atomic E-state index is 0. The zero-order chi connectivity index (χ0) is 19.4. The summed E-state index contributed by atoms with van der Waals surface area (Å²) in [6.07, 6.45) is 0. The molecule has 140 valence electrons. The fraction of sp³-hybridized carbons (Fsp3) is 0.143. The van der Waals surface area contributed by atoms with Gasteiger partial charge in [0.2, 0.25) is 0 Å². The molecule has 0 radical (unpaired) electrons. The number of rotatable bonds is 2. The van der Waals surface area contributed by atoms with Crippen molar-refractivity contribution in [3.8, 4) is 11.5 Å². The first-order valence-electron chi connectivity index (χ1n) is 8.41. The van der Waals surface area contributed by atoms with E-state index in [2.05, 4.69) is 0 Å². The number of aromatic hydroxyl groups is 2. The molecule has 0 aromatic heterocycles. The van der Waals surface area contributed by atoms with Gasteiger partial charge in [-0.25, -0.2) is 4.18 Å². The van der Waals surface area contributed by atoms with E-state index in [1.165, 1.54) is 18.2 Å². The molecule has 1 aliphatic heterocycles. The third-order valence-corrected chi connectivity index (χ3v) is 6.34. The van der Waals surface area contributed by atoms with E-state index in [9.17, 15) is 18.6 Å². The Kier molecular flexibility index (Phi) is 5.38. The van der Waals surface area contributed by atoms with Crippen LogP contribution < -0.4 is 29.6 Å². The number of aryl methyl sites for hydroxylation is 2. The van der Waals surface area contributed by atoms with Crippen molar-refractivity contribution in [1.29, 1.82) is 0 Å². The van der Waals surface area contributed by atoms with Crippen LogP contribution in [0.4, 0.5) is 0 Å². The molecule has 0 fully saturated rings. The van der Waals surface area contributed by atoms with Crippen molar-refractivity contribution in [2.45, 2.75) is 24.3 Å². The second-order valence-corrected chi connectivity index (χ2v) is 8.23. The number of fused-ring (bicyclic) bond motifs is 1. The molecule has 0 spiro atoms. The van der Waals surface area contributed by atoms with Crippen LogP contribution >= 0.6 is 0 Å². The predicted molar refractivity (Wildman–Crippen MR) is 101 cm³/mol. The molecule has 0 amide bonds. The van der Waals surface area contributed by atoms with E-state index in [1.807, 2.05) is 0 Å². The monoisotopic (exact) mass is 406 g/mol. The molecule has 3 aromatic carbocycles. The molecule has 28 heavy (non-hydrogen) atoms. The van der Waals surface area contributed by atoms with E-state index >= 15 is 0 Å².